The molecule has 2 rings (SSSR count). The van der Waals surface area contributed by atoms with Crippen molar-refractivity contribution in [1.29, 1.82) is 0 Å². The topological polar surface area (TPSA) is 78.5 Å². The minimum absolute atomic E-state index is 0.0990. The van der Waals surface area contributed by atoms with Gasteiger partial charge in [0.25, 0.3) is 5.91 Å². The zero-order valence-electron chi connectivity index (χ0n) is 15.7. The highest BCUT2D eigenvalue weighted by atomic mass is 35.5. The van der Waals surface area contributed by atoms with Crippen molar-refractivity contribution in [3.8, 4) is 0 Å². The van der Waals surface area contributed by atoms with Crippen molar-refractivity contribution < 1.29 is 14.4 Å². The summed E-state index contributed by atoms with van der Waals surface area (Å²) in [7, 11) is 1.52. The van der Waals surface area contributed by atoms with Gasteiger partial charge >= 0.3 is 0 Å². The summed E-state index contributed by atoms with van der Waals surface area (Å²) in [5, 5.41) is 5.70. The van der Waals surface area contributed by atoms with Gasteiger partial charge in [0, 0.05) is 37.2 Å². The van der Waals surface area contributed by atoms with Crippen molar-refractivity contribution >= 4 is 35.0 Å². The van der Waals surface area contributed by atoms with Gasteiger partial charge in [-0.2, -0.15) is 0 Å². The van der Waals surface area contributed by atoms with Gasteiger partial charge in [-0.15, -0.1) is 0 Å². The summed E-state index contributed by atoms with van der Waals surface area (Å²) in [6.45, 7) is 6.87. The summed E-state index contributed by atoms with van der Waals surface area (Å²) in [5.41, 5.74) is 0.443. The summed E-state index contributed by atoms with van der Waals surface area (Å²) in [4.78, 5) is 38.5. The second-order valence-corrected chi connectivity index (χ2v) is 7.99. The van der Waals surface area contributed by atoms with E-state index in [1.165, 1.54) is 7.05 Å². The summed E-state index contributed by atoms with van der Waals surface area (Å²) in [6, 6.07) is 4.83. The van der Waals surface area contributed by atoms with Gasteiger partial charge in [0.2, 0.25) is 11.8 Å². The number of benzene rings is 1. The molecule has 1 aromatic carbocycles. The van der Waals surface area contributed by atoms with E-state index in [4.69, 9.17) is 11.6 Å². The number of halogens is 1. The van der Waals surface area contributed by atoms with Crippen LogP contribution in [0.4, 0.5) is 5.69 Å². The first-order chi connectivity index (χ1) is 12.1. The zero-order chi connectivity index (χ0) is 19.5. The van der Waals surface area contributed by atoms with Crippen molar-refractivity contribution in [2.45, 2.75) is 33.6 Å². The predicted octanol–water partition coefficient (Wildman–Crippen LogP) is 2.92. The van der Waals surface area contributed by atoms with E-state index in [0.717, 1.165) is 0 Å². The number of hydrogen-bond acceptors (Lipinski definition) is 3. The molecule has 1 saturated heterocycles. The standard InChI is InChI=1S/C19H26ClN3O3/c1-19(2,3)18(26)23-9-7-12(8-10-23)16(24)22-13-5-6-15(20)14(11-13)17(25)21-4/h5-6,11-12H,7-10H2,1-4H3,(H,21,25)(H,22,24). The van der Waals surface area contributed by atoms with Gasteiger partial charge in [0.15, 0.2) is 0 Å². The predicted molar refractivity (Wildman–Crippen MR) is 102 cm³/mol. The molecule has 0 bridgehead atoms. The van der Waals surface area contributed by atoms with Crippen LogP contribution in [0.3, 0.4) is 0 Å². The lowest BCUT2D eigenvalue weighted by Gasteiger charge is -2.35. The maximum Gasteiger partial charge on any atom is 0.252 e. The molecule has 0 radical (unpaired) electrons. The number of amides is 3. The first kappa shape index (κ1) is 20.2. The molecule has 3 amide bonds. The minimum atomic E-state index is -0.408. The number of likely N-dealkylation sites (tertiary alicyclic amines) is 1. The molecule has 0 atom stereocenters. The maximum atomic E-state index is 12.5. The van der Waals surface area contributed by atoms with Crippen molar-refractivity contribution in [3.05, 3.63) is 28.8 Å². The molecule has 1 aliphatic heterocycles. The number of carbonyl (C=O) groups is 3. The van der Waals surface area contributed by atoms with Crippen LogP contribution >= 0.6 is 11.6 Å². The van der Waals surface area contributed by atoms with Crippen molar-refractivity contribution in [1.82, 2.24) is 10.2 Å². The fourth-order valence-electron chi connectivity index (χ4n) is 2.98. The first-order valence-electron chi connectivity index (χ1n) is 8.75. The Kier molecular flexibility index (Phi) is 6.29. The maximum absolute atomic E-state index is 12.5. The first-order valence-corrected chi connectivity index (χ1v) is 9.13. The van der Waals surface area contributed by atoms with Crippen LogP contribution in [0.2, 0.25) is 5.02 Å². The molecule has 1 aromatic rings. The molecule has 0 aliphatic carbocycles. The number of nitrogens with one attached hydrogen (secondary N) is 2. The average molecular weight is 380 g/mol. The number of anilines is 1. The molecule has 26 heavy (non-hydrogen) atoms. The molecule has 1 heterocycles. The third kappa shape index (κ3) is 4.75. The molecule has 7 heteroatoms. The zero-order valence-corrected chi connectivity index (χ0v) is 16.4. The average Bonchev–Trinajstić information content (AvgIpc) is 2.61. The fraction of sp³-hybridized carbons (Fsp3) is 0.526. The monoisotopic (exact) mass is 379 g/mol. The molecule has 6 nitrogen and oxygen atoms in total. The number of carbonyl (C=O) groups excluding carboxylic acids is 3. The normalized spacial score (nSPS) is 15.5. The smallest absolute Gasteiger partial charge is 0.252 e. The van der Waals surface area contributed by atoms with Crippen LogP contribution < -0.4 is 10.6 Å². The van der Waals surface area contributed by atoms with E-state index in [2.05, 4.69) is 10.6 Å². The van der Waals surface area contributed by atoms with Crippen LogP contribution in [0.1, 0.15) is 44.0 Å². The summed E-state index contributed by atoms with van der Waals surface area (Å²) in [6.07, 6.45) is 1.26. The van der Waals surface area contributed by atoms with Crippen LogP contribution in [0.5, 0.6) is 0 Å². The Labute approximate surface area is 159 Å². The Bertz CT molecular complexity index is 704. The summed E-state index contributed by atoms with van der Waals surface area (Å²) < 4.78 is 0. The van der Waals surface area contributed by atoms with E-state index in [-0.39, 0.29) is 23.6 Å². The Morgan fingerprint density at radius 1 is 1.15 bits per heavy atom. The molecule has 0 aromatic heterocycles. The Morgan fingerprint density at radius 3 is 2.31 bits per heavy atom. The Morgan fingerprint density at radius 2 is 1.77 bits per heavy atom. The van der Waals surface area contributed by atoms with E-state index >= 15 is 0 Å². The molecule has 1 fully saturated rings. The van der Waals surface area contributed by atoms with E-state index in [0.29, 0.717) is 42.2 Å². The number of nitrogens with zero attached hydrogens (tertiary/aromatic N) is 1. The summed E-state index contributed by atoms with van der Waals surface area (Å²) >= 11 is 6.03. The van der Waals surface area contributed by atoms with Crippen molar-refractivity contribution in [2.75, 3.05) is 25.5 Å². The fourth-order valence-corrected chi connectivity index (χ4v) is 3.18. The van der Waals surface area contributed by atoms with Gasteiger partial charge in [-0.25, -0.2) is 0 Å². The molecule has 0 spiro atoms. The van der Waals surface area contributed by atoms with E-state index in [1.54, 1.807) is 18.2 Å². The van der Waals surface area contributed by atoms with Gasteiger partial charge in [-0.05, 0) is 31.0 Å². The van der Waals surface area contributed by atoms with Gasteiger partial charge in [0.1, 0.15) is 0 Å². The molecule has 1 aliphatic rings. The highest BCUT2D eigenvalue weighted by molar-refractivity contribution is 6.34. The molecular weight excluding hydrogens is 354 g/mol. The molecule has 142 valence electrons. The van der Waals surface area contributed by atoms with Gasteiger partial charge in [0.05, 0.1) is 10.6 Å². The van der Waals surface area contributed by atoms with E-state index < -0.39 is 5.41 Å². The van der Waals surface area contributed by atoms with Crippen LogP contribution in [0, 0.1) is 11.3 Å². The molecule has 0 unspecified atom stereocenters. The lowest BCUT2D eigenvalue weighted by atomic mass is 9.90. The van der Waals surface area contributed by atoms with Gasteiger partial charge in [-0.1, -0.05) is 32.4 Å². The van der Waals surface area contributed by atoms with Gasteiger partial charge in [-0.3, -0.25) is 14.4 Å². The molecule has 0 saturated carbocycles. The lowest BCUT2D eigenvalue weighted by molar-refractivity contribution is -0.142. The van der Waals surface area contributed by atoms with Crippen molar-refractivity contribution in [3.63, 3.8) is 0 Å². The highest BCUT2D eigenvalue weighted by Gasteiger charge is 2.32. The SMILES string of the molecule is CNC(=O)c1cc(NC(=O)C2CCN(C(=O)C(C)(C)C)CC2)ccc1Cl. The molecular formula is C19H26ClN3O3. The second-order valence-electron chi connectivity index (χ2n) is 7.58. The Balaban J connectivity index is 1.98. The minimum Gasteiger partial charge on any atom is -0.355 e. The molecule has 2 N–H and O–H groups in total. The third-order valence-electron chi connectivity index (χ3n) is 4.50. The van der Waals surface area contributed by atoms with Crippen molar-refractivity contribution in [2.24, 2.45) is 11.3 Å². The number of hydrogen-bond donors (Lipinski definition) is 2. The third-order valence-corrected chi connectivity index (χ3v) is 4.83. The van der Waals surface area contributed by atoms with Gasteiger partial charge < -0.3 is 15.5 Å². The Hall–Kier alpha value is -2.08. The van der Waals surface area contributed by atoms with E-state index in [1.807, 2.05) is 25.7 Å². The second kappa shape index (κ2) is 8.08. The van der Waals surface area contributed by atoms with Crippen LogP contribution in [-0.4, -0.2) is 42.8 Å². The van der Waals surface area contributed by atoms with Crippen LogP contribution in [-0.2, 0) is 9.59 Å². The number of rotatable bonds is 3. The largest absolute Gasteiger partial charge is 0.355 e. The lowest BCUT2D eigenvalue weighted by Crippen LogP contribution is -2.45. The van der Waals surface area contributed by atoms with Crippen LogP contribution in [0.15, 0.2) is 18.2 Å². The quantitative estimate of drug-likeness (QED) is 0.847. The highest BCUT2D eigenvalue weighted by Crippen LogP contribution is 2.25. The summed E-state index contributed by atoms with van der Waals surface area (Å²) in [5.74, 6) is -0.444. The van der Waals surface area contributed by atoms with Crippen LogP contribution in [0.25, 0.3) is 0 Å². The number of piperidine rings is 1. The van der Waals surface area contributed by atoms with E-state index in [9.17, 15) is 14.4 Å².